The molecule has 0 aliphatic heterocycles. The van der Waals surface area contributed by atoms with Gasteiger partial charge in [0.2, 0.25) is 0 Å². The van der Waals surface area contributed by atoms with E-state index in [0.717, 1.165) is 43.8 Å². The van der Waals surface area contributed by atoms with Gasteiger partial charge in [0.05, 0.1) is 6.10 Å². The molecule has 0 bridgehead atoms. The lowest BCUT2D eigenvalue weighted by Gasteiger charge is -2.37. The van der Waals surface area contributed by atoms with Crippen molar-refractivity contribution in [1.82, 2.24) is 0 Å². The Labute approximate surface area is 136 Å². The molecule has 0 amide bonds. The number of ketones is 2. The lowest BCUT2D eigenvalue weighted by atomic mass is 9.86. The summed E-state index contributed by atoms with van der Waals surface area (Å²) in [6.07, 6.45) is 7.80. The number of allylic oxidation sites excluding steroid dienone is 2. The SMILES string of the molecule is CC[Si](CC)(CC)OC(CCCC(C)=O)C1CCC=CC1=O. The summed E-state index contributed by atoms with van der Waals surface area (Å²) < 4.78 is 6.65. The van der Waals surface area contributed by atoms with Crippen LogP contribution in [-0.2, 0) is 14.0 Å². The Hall–Kier alpha value is -0.743. The second kappa shape index (κ2) is 9.41. The average Bonchev–Trinajstić information content (AvgIpc) is 2.51. The lowest BCUT2D eigenvalue weighted by molar-refractivity contribution is -0.122. The van der Waals surface area contributed by atoms with Crippen LogP contribution in [0.4, 0.5) is 0 Å². The molecule has 0 aromatic rings. The summed E-state index contributed by atoms with van der Waals surface area (Å²) >= 11 is 0. The van der Waals surface area contributed by atoms with Gasteiger partial charge in [0, 0.05) is 12.3 Å². The van der Waals surface area contributed by atoms with E-state index >= 15 is 0 Å². The maximum Gasteiger partial charge on any atom is 0.192 e. The monoisotopic (exact) mass is 324 g/mol. The third-order valence-electron chi connectivity index (χ3n) is 5.09. The normalized spacial score (nSPS) is 20.2. The lowest BCUT2D eigenvalue weighted by Crippen LogP contribution is -2.44. The van der Waals surface area contributed by atoms with Gasteiger partial charge < -0.3 is 9.22 Å². The molecule has 0 fully saturated rings. The topological polar surface area (TPSA) is 43.4 Å². The maximum atomic E-state index is 12.3. The smallest absolute Gasteiger partial charge is 0.192 e. The van der Waals surface area contributed by atoms with Crippen LogP contribution in [0, 0.1) is 5.92 Å². The highest BCUT2D eigenvalue weighted by atomic mass is 28.4. The molecule has 0 heterocycles. The first-order valence-electron chi connectivity index (χ1n) is 8.85. The highest BCUT2D eigenvalue weighted by Gasteiger charge is 2.37. The van der Waals surface area contributed by atoms with Gasteiger partial charge in [-0.05, 0) is 56.8 Å². The number of rotatable bonds is 10. The van der Waals surface area contributed by atoms with E-state index in [2.05, 4.69) is 20.8 Å². The van der Waals surface area contributed by atoms with E-state index in [4.69, 9.17) is 4.43 Å². The summed E-state index contributed by atoms with van der Waals surface area (Å²) in [4.78, 5) is 23.5. The molecule has 1 aliphatic rings. The van der Waals surface area contributed by atoms with Crippen LogP contribution in [0.2, 0.25) is 18.1 Å². The summed E-state index contributed by atoms with van der Waals surface area (Å²) in [5, 5.41) is 0. The van der Waals surface area contributed by atoms with Crippen molar-refractivity contribution in [2.45, 2.75) is 84.0 Å². The van der Waals surface area contributed by atoms with Gasteiger partial charge in [0.1, 0.15) is 5.78 Å². The number of carbonyl (C=O) groups excluding carboxylic acids is 2. The van der Waals surface area contributed by atoms with Crippen molar-refractivity contribution in [2.24, 2.45) is 5.92 Å². The van der Waals surface area contributed by atoms with Crippen molar-refractivity contribution in [1.29, 1.82) is 0 Å². The first kappa shape index (κ1) is 19.3. The van der Waals surface area contributed by atoms with Crippen molar-refractivity contribution in [3.05, 3.63) is 12.2 Å². The molecular formula is C18H32O3Si. The van der Waals surface area contributed by atoms with Crippen LogP contribution >= 0.6 is 0 Å². The largest absolute Gasteiger partial charge is 0.413 e. The van der Waals surface area contributed by atoms with E-state index in [0.29, 0.717) is 6.42 Å². The highest BCUT2D eigenvalue weighted by Crippen LogP contribution is 2.31. The van der Waals surface area contributed by atoms with E-state index in [1.54, 1.807) is 13.0 Å². The van der Waals surface area contributed by atoms with Crippen LogP contribution in [0.1, 0.15) is 59.8 Å². The second-order valence-corrected chi connectivity index (χ2v) is 11.2. The van der Waals surface area contributed by atoms with Crippen molar-refractivity contribution in [2.75, 3.05) is 0 Å². The Morgan fingerprint density at radius 2 is 1.95 bits per heavy atom. The number of Topliss-reactive ketones (excluding diaryl/α,β-unsaturated/α-hetero) is 1. The fourth-order valence-corrected chi connectivity index (χ4v) is 6.25. The third-order valence-corrected chi connectivity index (χ3v) is 9.76. The zero-order chi connectivity index (χ0) is 16.6. The van der Waals surface area contributed by atoms with Gasteiger partial charge in [-0.25, -0.2) is 0 Å². The molecule has 1 aliphatic carbocycles. The molecule has 2 atom stereocenters. The van der Waals surface area contributed by atoms with E-state index in [1.165, 1.54) is 0 Å². The Kier molecular flexibility index (Phi) is 8.26. The number of hydrogen-bond acceptors (Lipinski definition) is 3. The quantitative estimate of drug-likeness (QED) is 0.548. The first-order chi connectivity index (χ1) is 10.5. The number of carbonyl (C=O) groups is 2. The van der Waals surface area contributed by atoms with Crippen LogP contribution in [-0.4, -0.2) is 26.0 Å². The molecule has 0 saturated heterocycles. The van der Waals surface area contributed by atoms with Crippen LogP contribution in [0.25, 0.3) is 0 Å². The minimum absolute atomic E-state index is 0.00307. The summed E-state index contributed by atoms with van der Waals surface area (Å²) in [6.45, 7) is 8.28. The predicted octanol–water partition coefficient (Wildman–Crippen LogP) is 4.67. The molecule has 1 rings (SSSR count). The van der Waals surface area contributed by atoms with Gasteiger partial charge in [-0.1, -0.05) is 26.8 Å². The average molecular weight is 325 g/mol. The first-order valence-corrected chi connectivity index (χ1v) is 11.4. The summed E-state index contributed by atoms with van der Waals surface area (Å²) in [7, 11) is -1.73. The van der Waals surface area contributed by atoms with Crippen molar-refractivity contribution in [3.8, 4) is 0 Å². The fourth-order valence-electron chi connectivity index (χ4n) is 3.33. The van der Waals surface area contributed by atoms with Crippen LogP contribution in [0.15, 0.2) is 12.2 Å². The Morgan fingerprint density at radius 3 is 2.45 bits per heavy atom. The van der Waals surface area contributed by atoms with Crippen molar-refractivity contribution < 1.29 is 14.0 Å². The molecule has 0 radical (unpaired) electrons. The fraction of sp³-hybridized carbons (Fsp3) is 0.778. The zero-order valence-corrected chi connectivity index (χ0v) is 15.7. The predicted molar refractivity (Wildman–Crippen MR) is 93.5 cm³/mol. The Morgan fingerprint density at radius 1 is 1.32 bits per heavy atom. The zero-order valence-electron chi connectivity index (χ0n) is 14.7. The minimum atomic E-state index is -1.73. The van der Waals surface area contributed by atoms with Gasteiger partial charge in [-0.15, -0.1) is 0 Å². The van der Waals surface area contributed by atoms with E-state index < -0.39 is 8.32 Å². The standard InChI is InChI=1S/C18H32O3Si/c1-5-22(6-2,7-3)21-18(14-10-11-15(4)19)16-12-8-9-13-17(16)20/h9,13,16,18H,5-8,10-12,14H2,1-4H3. The van der Waals surface area contributed by atoms with Gasteiger partial charge >= 0.3 is 0 Å². The van der Waals surface area contributed by atoms with E-state index in [9.17, 15) is 9.59 Å². The summed E-state index contributed by atoms with van der Waals surface area (Å²) in [6, 6.07) is 3.29. The molecule has 2 unspecified atom stereocenters. The molecule has 0 saturated carbocycles. The number of hydrogen-bond donors (Lipinski definition) is 0. The van der Waals surface area contributed by atoms with Gasteiger partial charge in [0.25, 0.3) is 0 Å². The van der Waals surface area contributed by atoms with Crippen LogP contribution in [0.3, 0.4) is 0 Å². The van der Waals surface area contributed by atoms with Crippen LogP contribution < -0.4 is 0 Å². The van der Waals surface area contributed by atoms with Gasteiger partial charge in [-0.3, -0.25) is 4.79 Å². The molecule has 22 heavy (non-hydrogen) atoms. The summed E-state index contributed by atoms with van der Waals surface area (Å²) in [5.41, 5.74) is 0. The van der Waals surface area contributed by atoms with Crippen molar-refractivity contribution in [3.63, 3.8) is 0 Å². The Balaban J connectivity index is 2.82. The molecular weight excluding hydrogens is 292 g/mol. The molecule has 4 heteroatoms. The molecule has 3 nitrogen and oxygen atoms in total. The molecule has 126 valence electrons. The van der Waals surface area contributed by atoms with Gasteiger partial charge in [-0.2, -0.15) is 0 Å². The van der Waals surface area contributed by atoms with Crippen molar-refractivity contribution >= 4 is 19.9 Å². The molecule has 0 spiro atoms. The molecule has 0 aromatic carbocycles. The van der Waals surface area contributed by atoms with E-state index in [1.807, 2.05) is 6.08 Å². The molecule has 0 N–H and O–H groups in total. The summed E-state index contributed by atoms with van der Waals surface area (Å²) in [5.74, 6) is 0.428. The van der Waals surface area contributed by atoms with E-state index in [-0.39, 0.29) is 23.6 Å². The van der Waals surface area contributed by atoms with Gasteiger partial charge in [0.15, 0.2) is 14.1 Å². The third kappa shape index (κ3) is 5.47. The maximum absolute atomic E-state index is 12.3. The molecule has 0 aromatic heterocycles. The van der Waals surface area contributed by atoms with Crippen LogP contribution in [0.5, 0.6) is 0 Å². The minimum Gasteiger partial charge on any atom is -0.413 e. The Bertz CT molecular complexity index is 391. The second-order valence-electron chi connectivity index (χ2n) is 6.48. The highest BCUT2D eigenvalue weighted by molar-refractivity contribution is 6.73.